The molecule has 1 fully saturated rings. The number of piperidine rings is 1. The summed E-state index contributed by atoms with van der Waals surface area (Å²) in [6, 6.07) is 15.8. The van der Waals surface area contributed by atoms with Gasteiger partial charge in [-0.3, -0.25) is 5.32 Å². The molecule has 5 rings (SSSR count). The molecule has 2 N–H and O–H groups in total. The maximum atomic E-state index is 12.6. The second kappa shape index (κ2) is 9.19. The Balaban J connectivity index is 1.24. The van der Waals surface area contributed by atoms with Crippen molar-refractivity contribution in [3.8, 4) is 0 Å². The van der Waals surface area contributed by atoms with Crippen molar-refractivity contribution in [3.05, 3.63) is 78.5 Å². The Morgan fingerprint density at radius 3 is 2.64 bits per heavy atom. The van der Waals surface area contributed by atoms with Crippen LogP contribution in [-0.2, 0) is 0 Å². The molecule has 0 saturated carbocycles. The van der Waals surface area contributed by atoms with Crippen molar-refractivity contribution in [2.45, 2.75) is 38.3 Å². The summed E-state index contributed by atoms with van der Waals surface area (Å²) in [5.74, 6) is 0.714. The highest BCUT2D eigenvalue weighted by atomic mass is 16.3. The average molecular weight is 444 g/mol. The Morgan fingerprint density at radius 1 is 1.15 bits per heavy atom. The number of nitrogens with one attached hydrogen (secondary N) is 1. The van der Waals surface area contributed by atoms with E-state index < -0.39 is 6.10 Å². The highest BCUT2D eigenvalue weighted by Crippen LogP contribution is 2.45. The van der Waals surface area contributed by atoms with Crippen LogP contribution in [0.5, 0.6) is 0 Å². The first-order chi connectivity index (χ1) is 16.1. The van der Waals surface area contributed by atoms with E-state index in [1.165, 1.54) is 16.7 Å². The minimum atomic E-state index is -0.448. The molecular weight excluding hydrogens is 414 g/mol. The number of aliphatic hydroxyl groups is 1. The molecule has 4 heterocycles. The Kier molecular flexibility index (Phi) is 5.96. The standard InChI is InChI=1S/C26H29N5O2/c1-18-22-16-27-17-31(22)21(25(18)20-7-3-2-4-8-20)15-23(32)19-10-13-30(14-11-19)26(33)29-24-9-5-6-12-28-24/h2-9,12,16-17,19,21,23,32H,10-11,13-15H2,1H3,(H,28,29,33). The zero-order chi connectivity index (χ0) is 22.8. The first-order valence-corrected chi connectivity index (χ1v) is 11.5. The molecule has 1 aromatic carbocycles. The van der Waals surface area contributed by atoms with E-state index in [1.807, 2.05) is 30.7 Å². The van der Waals surface area contributed by atoms with E-state index in [1.54, 1.807) is 17.2 Å². The van der Waals surface area contributed by atoms with Gasteiger partial charge in [-0.05, 0) is 60.9 Å². The molecule has 0 radical (unpaired) electrons. The number of nitrogens with zero attached hydrogens (tertiary/aromatic N) is 4. The van der Waals surface area contributed by atoms with E-state index >= 15 is 0 Å². The summed E-state index contributed by atoms with van der Waals surface area (Å²) in [6.45, 7) is 3.39. The van der Waals surface area contributed by atoms with E-state index in [0.29, 0.717) is 25.3 Å². The van der Waals surface area contributed by atoms with E-state index in [9.17, 15) is 9.90 Å². The lowest BCUT2D eigenvalue weighted by Crippen LogP contribution is -2.43. The molecule has 2 atom stereocenters. The van der Waals surface area contributed by atoms with Gasteiger partial charge in [-0.25, -0.2) is 14.8 Å². The van der Waals surface area contributed by atoms with Crippen LogP contribution >= 0.6 is 0 Å². The minimum absolute atomic E-state index is 0.0605. The van der Waals surface area contributed by atoms with Crippen LogP contribution in [0.4, 0.5) is 10.6 Å². The fourth-order valence-corrected chi connectivity index (χ4v) is 5.16. The first-order valence-electron chi connectivity index (χ1n) is 11.5. The molecule has 2 aliphatic heterocycles. The fraction of sp³-hybridized carbons (Fsp3) is 0.346. The predicted molar refractivity (Wildman–Crippen MR) is 128 cm³/mol. The topological polar surface area (TPSA) is 83.3 Å². The number of aliphatic hydroxyl groups excluding tert-OH is 1. The highest BCUT2D eigenvalue weighted by molar-refractivity contribution is 5.93. The van der Waals surface area contributed by atoms with Gasteiger partial charge in [0.15, 0.2) is 0 Å². The molecule has 2 aromatic heterocycles. The van der Waals surface area contributed by atoms with Crippen LogP contribution < -0.4 is 5.32 Å². The predicted octanol–water partition coefficient (Wildman–Crippen LogP) is 4.46. The Hall–Kier alpha value is -3.45. The number of likely N-dealkylation sites (tertiary alicyclic amines) is 1. The number of benzene rings is 1. The zero-order valence-corrected chi connectivity index (χ0v) is 18.8. The van der Waals surface area contributed by atoms with Crippen molar-refractivity contribution in [3.63, 3.8) is 0 Å². The number of amides is 2. The number of pyridine rings is 1. The summed E-state index contributed by atoms with van der Waals surface area (Å²) in [7, 11) is 0. The fourth-order valence-electron chi connectivity index (χ4n) is 5.16. The van der Waals surface area contributed by atoms with Crippen LogP contribution in [0, 0.1) is 5.92 Å². The maximum absolute atomic E-state index is 12.6. The van der Waals surface area contributed by atoms with E-state index in [0.717, 1.165) is 18.5 Å². The normalized spacial score (nSPS) is 19.5. The number of carbonyl (C=O) groups is 1. The smallest absolute Gasteiger partial charge is 0.323 e. The maximum Gasteiger partial charge on any atom is 0.323 e. The number of hydrogen-bond acceptors (Lipinski definition) is 4. The second-order valence-corrected chi connectivity index (χ2v) is 8.88. The van der Waals surface area contributed by atoms with Crippen molar-refractivity contribution in [1.29, 1.82) is 0 Å². The molecule has 3 aromatic rings. The van der Waals surface area contributed by atoms with Crippen molar-refractivity contribution < 1.29 is 9.90 Å². The Labute approximate surface area is 193 Å². The number of allylic oxidation sites excluding steroid dienone is 2. The van der Waals surface area contributed by atoms with Crippen molar-refractivity contribution >= 4 is 23.0 Å². The van der Waals surface area contributed by atoms with Gasteiger partial charge in [0.2, 0.25) is 0 Å². The van der Waals surface area contributed by atoms with Gasteiger partial charge >= 0.3 is 6.03 Å². The van der Waals surface area contributed by atoms with Gasteiger partial charge < -0.3 is 14.6 Å². The number of fused-ring (bicyclic) bond motifs is 1. The van der Waals surface area contributed by atoms with E-state index in [-0.39, 0.29) is 18.0 Å². The molecule has 0 aliphatic carbocycles. The Bertz CT molecular complexity index is 1130. The third kappa shape index (κ3) is 4.28. The van der Waals surface area contributed by atoms with Crippen LogP contribution in [0.1, 0.15) is 43.5 Å². The number of hydrogen-bond donors (Lipinski definition) is 2. The summed E-state index contributed by atoms with van der Waals surface area (Å²) >= 11 is 0. The molecular formula is C26H29N5O2. The molecule has 2 amide bonds. The number of aromatic nitrogens is 3. The van der Waals surface area contributed by atoms with Crippen LogP contribution in [0.2, 0.25) is 0 Å². The summed E-state index contributed by atoms with van der Waals surface area (Å²) in [6.07, 6.45) is 7.19. The molecule has 2 aliphatic rings. The monoisotopic (exact) mass is 443 g/mol. The van der Waals surface area contributed by atoms with Crippen molar-refractivity contribution in [1.82, 2.24) is 19.4 Å². The number of anilines is 1. The third-order valence-electron chi connectivity index (χ3n) is 6.94. The second-order valence-electron chi connectivity index (χ2n) is 8.88. The van der Waals surface area contributed by atoms with Gasteiger partial charge in [0.05, 0.1) is 30.4 Å². The van der Waals surface area contributed by atoms with Gasteiger partial charge in [-0.2, -0.15) is 0 Å². The lowest BCUT2D eigenvalue weighted by molar-refractivity contribution is 0.0563. The van der Waals surface area contributed by atoms with Crippen LogP contribution in [-0.4, -0.2) is 49.8 Å². The van der Waals surface area contributed by atoms with Crippen LogP contribution in [0.25, 0.3) is 11.1 Å². The van der Waals surface area contributed by atoms with E-state index in [2.05, 4.69) is 51.0 Å². The number of carbonyl (C=O) groups excluding carboxylic acids is 1. The largest absolute Gasteiger partial charge is 0.393 e. The number of urea groups is 1. The quantitative estimate of drug-likeness (QED) is 0.610. The lowest BCUT2D eigenvalue weighted by atomic mass is 9.85. The molecule has 0 bridgehead atoms. The van der Waals surface area contributed by atoms with Crippen LogP contribution in [0.3, 0.4) is 0 Å². The van der Waals surface area contributed by atoms with Gasteiger partial charge in [0.1, 0.15) is 5.82 Å². The van der Waals surface area contributed by atoms with Gasteiger partial charge in [0, 0.05) is 19.3 Å². The molecule has 1 saturated heterocycles. The number of imidazole rings is 1. The molecule has 2 unspecified atom stereocenters. The molecule has 0 spiro atoms. The zero-order valence-electron chi connectivity index (χ0n) is 18.8. The third-order valence-corrected chi connectivity index (χ3v) is 6.94. The summed E-state index contributed by atoms with van der Waals surface area (Å²) in [4.78, 5) is 22.9. The van der Waals surface area contributed by atoms with Crippen molar-refractivity contribution in [2.75, 3.05) is 18.4 Å². The SMILES string of the molecule is CC1=C(c2ccccc2)C(CC(O)C2CCN(C(=O)Nc3ccccn3)CC2)n2cncc21. The molecule has 7 nitrogen and oxygen atoms in total. The lowest BCUT2D eigenvalue weighted by Gasteiger charge is -2.35. The van der Waals surface area contributed by atoms with Gasteiger partial charge in [0.25, 0.3) is 0 Å². The number of rotatable bonds is 5. The molecule has 33 heavy (non-hydrogen) atoms. The Morgan fingerprint density at radius 2 is 1.91 bits per heavy atom. The summed E-state index contributed by atoms with van der Waals surface area (Å²) < 4.78 is 2.19. The molecule has 170 valence electrons. The van der Waals surface area contributed by atoms with E-state index in [4.69, 9.17) is 0 Å². The highest BCUT2D eigenvalue weighted by Gasteiger charge is 2.35. The summed E-state index contributed by atoms with van der Waals surface area (Å²) in [5.41, 5.74) is 4.79. The minimum Gasteiger partial charge on any atom is -0.393 e. The average Bonchev–Trinajstić information content (AvgIpc) is 3.43. The van der Waals surface area contributed by atoms with Gasteiger partial charge in [-0.1, -0.05) is 36.4 Å². The summed E-state index contributed by atoms with van der Waals surface area (Å²) in [5, 5.41) is 14.1. The van der Waals surface area contributed by atoms with Crippen LogP contribution in [0.15, 0.2) is 67.3 Å². The molecule has 7 heteroatoms. The van der Waals surface area contributed by atoms with Gasteiger partial charge in [-0.15, -0.1) is 0 Å². The van der Waals surface area contributed by atoms with Crippen molar-refractivity contribution in [2.24, 2.45) is 5.92 Å². The first kappa shape index (κ1) is 21.4.